The average Bonchev–Trinajstić information content (AvgIpc) is 2.65. The molecule has 0 aliphatic rings. The lowest BCUT2D eigenvalue weighted by Gasteiger charge is -2.20. The molecule has 2 rings (SSSR count). The van der Waals surface area contributed by atoms with Crippen molar-refractivity contribution in [3.8, 4) is 0 Å². The summed E-state index contributed by atoms with van der Waals surface area (Å²) in [6.07, 6.45) is 6.43. The van der Waals surface area contributed by atoms with Gasteiger partial charge in [0.1, 0.15) is 0 Å². The van der Waals surface area contributed by atoms with Crippen LogP contribution in [-0.2, 0) is 12.8 Å². The van der Waals surface area contributed by atoms with Crippen LogP contribution in [0.1, 0.15) is 36.8 Å². The van der Waals surface area contributed by atoms with Crippen molar-refractivity contribution < 1.29 is 0 Å². The quantitative estimate of drug-likeness (QED) is 0.556. The van der Waals surface area contributed by atoms with Crippen molar-refractivity contribution in [1.29, 1.82) is 0 Å². The molecule has 0 spiro atoms. The van der Waals surface area contributed by atoms with E-state index in [2.05, 4.69) is 66.0 Å². The van der Waals surface area contributed by atoms with Crippen LogP contribution in [0.15, 0.2) is 60.7 Å². The highest BCUT2D eigenvalue weighted by molar-refractivity contribution is 5.16. The maximum Gasteiger partial charge on any atom is 0.00734 e. The molecule has 0 radical (unpaired) electrons. The van der Waals surface area contributed by atoms with Crippen LogP contribution in [0, 0.1) is 0 Å². The van der Waals surface area contributed by atoms with Crippen LogP contribution in [0.3, 0.4) is 0 Å². The van der Waals surface area contributed by atoms with Crippen molar-refractivity contribution in [2.75, 3.05) is 13.1 Å². The molecule has 0 heterocycles. The molecule has 25 heavy (non-hydrogen) atoms. The number of aryl methyl sites for hydroxylation is 2. The normalized spacial score (nSPS) is 12.4. The first-order valence-corrected chi connectivity index (χ1v) is 9.55. The van der Waals surface area contributed by atoms with Gasteiger partial charge in [-0.25, -0.2) is 0 Å². The van der Waals surface area contributed by atoms with Gasteiger partial charge in [-0.3, -0.25) is 0 Å². The fraction of sp³-hybridized carbons (Fsp3) is 0.455. The molecule has 0 unspecified atom stereocenters. The van der Waals surface area contributed by atoms with E-state index in [1.807, 2.05) is 0 Å². The molecule has 0 saturated heterocycles. The standard InChI is InChI=1S/C22H33N3/c23-17-15-21(24)16-18-25-22(13-11-19-7-3-1-4-8-19)14-12-20-9-5-2-6-10-20/h1-10,21-22,25H,11-18,23-24H2/t21-/m0/s1. The summed E-state index contributed by atoms with van der Waals surface area (Å²) in [5, 5.41) is 3.73. The summed E-state index contributed by atoms with van der Waals surface area (Å²) >= 11 is 0. The minimum Gasteiger partial charge on any atom is -0.330 e. The molecular formula is C22H33N3. The van der Waals surface area contributed by atoms with Gasteiger partial charge in [0.2, 0.25) is 0 Å². The van der Waals surface area contributed by atoms with Crippen molar-refractivity contribution in [2.24, 2.45) is 11.5 Å². The average molecular weight is 340 g/mol. The van der Waals surface area contributed by atoms with Crippen LogP contribution < -0.4 is 16.8 Å². The third-order valence-electron chi connectivity index (χ3n) is 4.73. The molecule has 2 aromatic rings. The molecule has 0 aliphatic heterocycles. The number of rotatable bonds is 12. The molecule has 3 nitrogen and oxygen atoms in total. The fourth-order valence-electron chi connectivity index (χ4n) is 3.15. The Morgan fingerprint density at radius 3 is 1.72 bits per heavy atom. The first kappa shape index (κ1) is 19.6. The largest absolute Gasteiger partial charge is 0.330 e. The fourth-order valence-corrected chi connectivity index (χ4v) is 3.15. The highest BCUT2D eigenvalue weighted by Crippen LogP contribution is 2.11. The number of nitrogens with two attached hydrogens (primary N) is 2. The molecule has 0 aromatic heterocycles. The van der Waals surface area contributed by atoms with Crippen molar-refractivity contribution in [3.63, 3.8) is 0 Å². The Kier molecular flexibility index (Phi) is 9.27. The molecule has 5 N–H and O–H groups in total. The highest BCUT2D eigenvalue weighted by Gasteiger charge is 2.10. The minimum atomic E-state index is 0.210. The third-order valence-corrected chi connectivity index (χ3v) is 4.73. The van der Waals surface area contributed by atoms with Gasteiger partial charge in [0.25, 0.3) is 0 Å². The molecule has 2 aromatic carbocycles. The first-order valence-electron chi connectivity index (χ1n) is 9.55. The summed E-state index contributed by atoms with van der Waals surface area (Å²) in [6, 6.07) is 22.2. The maximum atomic E-state index is 6.08. The number of benzene rings is 2. The monoisotopic (exact) mass is 339 g/mol. The predicted molar refractivity (Wildman–Crippen MR) is 108 cm³/mol. The molecule has 0 bridgehead atoms. The second-order valence-corrected chi connectivity index (χ2v) is 6.83. The zero-order valence-corrected chi connectivity index (χ0v) is 15.2. The highest BCUT2D eigenvalue weighted by atomic mass is 14.9. The number of hydrogen-bond acceptors (Lipinski definition) is 3. The maximum absolute atomic E-state index is 6.08. The van der Waals surface area contributed by atoms with Gasteiger partial charge in [-0.1, -0.05) is 60.7 Å². The van der Waals surface area contributed by atoms with Crippen molar-refractivity contribution >= 4 is 0 Å². The van der Waals surface area contributed by atoms with E-state index in [1.54, 1.807) is 0 Å². The molecule has 0 fully saturated rings. The molecule has 0 saturated carbocycles. The van der Waals surface area contributed by atoms with Gasteiger partial charge in [-0.15, -0.1) is 0 Å². The van der Waals surface area contributed by atoms with Crippen LogP contribution in [0.25, 0.3) is 0 Å². The van der Waals surface area contributed by atoms with Gasteiger partial charge in [0.05, 0.1) is 0 Å². The Morgan fingerprint density at radius 2 is 1.24 bits per heavy atom. The minimum absolute atomic E-state index is 0.210. The zero-order valence-electron chi connectivity index (χ0n) is 15.2. The smallest absolute Gasteiger partial charge is 0.00734 e. The zero-order chi connectivity index (χ0) is 17.7. The van der Waals surface area contributed by atoms with E-state index >= 15 is 0 Å². The van der Waals surface area contributed by atoms with Crippen LogP contribution in [-0.4, -0.2) is 25.2 Å². The topological polar surface area (TPSA) is 64.1 Å². The second kappa shape index (κ2) is 11.8. The van der Waals surface area contributed by atoms with Gasteiger partial charge >= 0.3 is 0 Å². The Balaban J connectivity index is 1.81. The second-order valence-electron chi connectivity index (χ2n) is 6.83. The van der Waals surface area contributed by atoms with Crippen LogP contribution in [0.4, 0.5) is 0 Å². The van der Waals surface area contributed by atoms with Gasteiger partial charge in [0.15, 0.2) is 0 Å². The van der Waals surface area contributed by atoms with Crippen molar-refractivity contribution in [2.45, 2.75) is 50.6 Å². The van der Waals surface area contributed by atoms with Gasteiger partial charge in [-0.05, 0) is 62.7 Å². The van der Waals surface area contributed by atoms with Crippen molar-refractivity contribution in [1.82, 2.24) is 5.32 Å². The van der Waals surface area contributed by atoms with Gasteiger partial charge in [-0.2, -0.15) is 0 Å². The first-order chi connectivity index (χ1) is 12.3. The van der Waals surface area contributed by atoms with E-state index in [0.717, 1.165) is 45.1 Å². The lowest BCUT2D eigenvalue weighted by atomic mass is 9.98. The Labute approximate surface area is 152 Å². The van der Waals surface area contributed by atoms with Crippen LogP contribution >= 0.6 is 0 Å². The Morgan fingerprint density at radius 1 is 0.720 bits per heavy atom. The molecule has 136 valence electrons. The van der Waals surface area contributed by atoms with Gasteiger partial charge in [0, 0.05) is 12.1 Å². The Bertz CT molecular complexity index is 512. The van der Waals surface area contributed by atoms with E-state index in [0.29, 0.717) is 12.6 Å². The van der Waals surface area contributed by atoms with Crippen molar-refractivity contribution in [3.05, 3.63) is 71.8 Å². The Hall–Kier alpha value is -1.68. The number of nitrogens with one attached hydrogen (secondary N) is 1. The lowest BCUT2D eigenvalue weighted by Crippen LogP contribution is -2.35. The molecule has 0 amide bonds. The lowest BCUT2D eigenvalue weighted by molar-refractivity contribution is 0.431. The molecular weight excluding hydrogens is 306 g/mol. The third kappa shape index (κ3) is 8.30. The SMILES string of the molecule is NCC[C@H](N)CCNC(CCc1ccccc1)CCc1ccccc1. The summed E-state index contributed by atoms with van der Waals surface area (Å²) in [4.78, 5) is 0. The molecule has 3 heteroatoms. The summed E-state index contributed by atoms with van der Waals surface area (Å²) in [5.41, 5.74) is 14.5. The van der Waals surface area contributed by atoms with E-state index in [-0.39, 0.29) is 6.04 Å². The summed E-state index contributed by atoms with van der Waals surface area (Å²) in [6.45, 7) is 1.64. The van der Waals surface area contributed by atoms with Crippen LogP contribution in [0.2, 0.25) is 0 Å². The van der Waals surface area contributed by atoms with E-state index in [4.69, 9.17) is 11.5 Å². The van der Waals surface area contributed by atoms with Gasteiger partial charge < -0.3 is 16.8 Å². The van der Waals surface area contributed by atoms with E-state index in [9.17, 15) is 0 Å². The number of hydrogen-bond donors (Lipinski definition) is 3. The van der Waals surface area contributed by atoms with Crippen LogP contribution in [0.5, 0.6) is 0 Å². The molecule has 1 atom stereocenters. The molecule has 0 aliphatic carbocycles. The summed E-state index contributed by atoms with van der Waals surface area (Å²) < 4.78 is 0. The summed E-state index contributed by atoms with van der Waals surface area (Å²) in [7, 11) is 0. The predicted octanol–water partition coefficient (Wildman–Crippen LogP) is 3.28. The van der Waals surface area contributed by atoms with E-state index in [1.165, 1.54) is 11.1 Å². The summed E-state index contributed by atoms with van der Waals surface area (Å²) in [5.74, 6) is 0. The van der Waals surface area contributed by atoms with E-state index < -0.39 is 0 Å².